The summed E-state index contributed by atoms with van der Waals surface area (Å²) < 4.78 is 31.2. The van der Waals surface area contributed by atoms with E-state index in [1.807, 2.05) is 0 Å². The van der Waals surface area contributed by atoms with Gasteiger partial charge in [-0.3, -0.25) is 4.79 Å². The molecule has 1 saturated heterocycles. The molecule has 0 radical (unpaired) electrons. The van der Waals surface area contributed by atoms with Crippen LogP contribution in [0, 0.1) is 0 Å². The summed E-state index contributed by atoms with van der Waals surface area (Å²) >= 11 is 0. The Morgan fingerprint density at radius 3 is 2.26 bits per heavy atom. The first-order valence-electron chi connectivity index (χ1n) is 9.11. The van der Waals surface area contributed by atoms with Crippen LogP contribution in [-0.2, 0) is 24.3 Å². The Morgan fingerprint density at radius 2 is 1.70 bits per heavy atom. The monoisotopic (exact) mass is 394 g/mol. The van der Waals surface area contributed by atoms with Gasteiger partial charge in [-0.05, 0) is 36.6 Å². The zero-order valence-electron chi connectivity index (χ0n) is 15.8. The lowest BCUT2D eigenvalue weighted by molar-refractivity contribution is -0.147. The molecule has 1 fully saturated rings. The van der Waals surface area contributed by atoms with Crippen LogP contribution in [-0.4, -0.2) is 62.3 Å². The van der Waals surface area contributed by atoms with E-state index < -0.39 is 16.0 Å². The molecule has 1 aromatic rings. The smallest absolute Gasteiger partial charge is 0.331 e. The predicted octanol–water partition coefficient (Wildman–Crippen LogP) is 1.90. The van der Waals surface area contributed by atoms with Gasteiger partial charge in [0.2, 0.25) is 10.0 Å². The van der Waals surface area contributed by atoms with Crippen molar-refractivity contribution >= 4 is 28.0 Å². The van der Waals surface area contributed by atoms with Gasteiger partial charge in [0.05, 0.1) is 4.90 Å². The minimum atomic E-state index is -3.50. The van der Waals surface area contributed by atoms with Gasteiger partial charge in [-0.2, -0.15) is 4.31 Å². The van der Waals surface area contributed by atoms with E-state index in [0.717, 1.165) is 25.9 Å². The SMILES string of the molecule is CCN(CC)S(=O)(=O)c1ccc(/C=C/C(=O)OCC(=O)N2CCCC2)cc1. The third-order valence-corrected chi connectivity index (χ3v) is 6.50. The number of hydrogen-bond acceptors (Lipinski definition) is 5. The van der Waals surface area contributed by atoms with E-state index in [1.54, 1.807) is 30.9 Å². The third kappa shape index (κ3) is 5.64. The Kier molecular flexibility index (Phi) is 7.55. The van der Waals surface area contributed by atoms with Crippen molar-refractivity contribution in [3.05, 3.63) is 35.9 Å². The standard InChI is InChI=1S/C19H26N2O5S/c1-3-21(4-2)27(24,25)17-10-7-16(8-11-17)9-12-19(23)26-15-18(22)20-13-5-6-14-20/h7-12H,3-6,13-15H2,1-2H3/b12-9+. The molecule has 2 rings (SSSR count). The first-order valence-corrected chi connectivity index (χ1v) is 10.5. The summed E-state index contributed by atoms with van der Waals surface area (Å²) in [5.74, 6) is -0.789. The zero-order chi connectivity index (χ0) is 19.9. The highest BCUT2D eigenvalue weighted by Crippen LogP contribution is 2.16. The number of carbonyl (C=O) groups is 2. The molecular weight excluding hydrogens is 368 g/mol. The van der Waals surface area contributed by atoms with E-state index in [2.05, 4.69) is 0 Å². The van der Waals surface area contributed by atoms with Crippen LogP contribution < -0.4 is 0 Å². The molecular formula is C19H26N2O5S. The Hall–Kier alpha value is -2.19. The fourth-order valence-corrected chi connectivity index (χ4v) is 4.32. The molecule has 1 amide bonds. The molecule has 0 aromatic heterocycles. The predicted molar refractivity (Wildman–Crippen MR) is 102 cm³/mol. The molecule has 0 spiro atoms. The molecule has 0 unspecified atom stereocenters. The van der Waals surface area contributed by atoms with Crippen molar-refractivity contribution < 1.29 is 22.7 Å². The highest BCUT2D eigenvalue weighted by atomic mass is 32.2. The molecule has 148 valence electrons. The number of sulfonamides is 1. The normalized spacial score (nSPS) is 14.9. The minimum Gasteiger partial charge on any atom is -0.452 e. The minimum absolute atomic E-state index is 0.180. The van der Waals surface area contributed by atoms with Crippen LogP contribution >= 0.6 is 0 Å². The lowest BCUT2D eigenvalue weighted by Crippen LogP contribution is -2.31. The lowest BCUT2D eigenvalue weighted by atomic mass is 10.2. The number of amides is 1. The average molecular weight is 394 g/mol. The topological polar surface area (TPSA) is 84.0 Å². The summed E-state index contributed by atoms with van der Waals surface area (Å²) in [4.78, 5) is 25.5. The molecule has 1 aliphatic heterocycles. The van der Waals surface area contributed by atoms with Crippen molar-refractivity contribution in [3.8, 4) is 0 Å². The van der Waals surface area contributed by atoms with E-state index in [4.69, 9.17) is 4.74 Å². The molecule has 0 aliphatic carbocycles. The number of hydrogen-bond donors (Lipinski definition) is 0. The Balaban J connectivity index is 1.91. The summed E-state index contributed by atoms with van der Waals surface area (Å²) in [5.41, 5.74) is 0.663. The Labute approximate surface area is 160 Å². The van der Waals surface area contributed by atoms with Crippen molar-refractivity contribution in [1.29, 1.82) is 0 Å². The summed E-state index contributed by atoms with van der Waals surface area (Å²) in [6.45, 7) is 5.57. The summed E-state index contributed by atoms with van der Waals surface area (Å²) in [7, 11) is -3.50. The fourth-order valence-electron chi connectivity index (χ4n) is 2.87. The number of likely N-dealkylation sites (tertiary alicyclic amines) is 1. The van der Waals surface area contributed by atoms with Gasteiger partial charge in [0.25, 0.3) is 5.91 Å². The van der Waals surface area contributed by atoms with Crippen molar-refractivity contribution in [3.63, 3.8) is 0 Å². The number of carbonyl (C=O) groups excluding carboxylic acids is 2. The first kappa shape index (κ1) is 21.1. The molecule has 1 aromatic carbocycles. The second-order valence-electron chi connectivity index (χ2n) is 6.19. The maximum atomic E-state index is 12.4. The zero-order valence-corrected chi connectivity index (χ0v) is 16.6. The van der Waals surface area contributed by atoms with Gasteiger partial charge >= 0.3 is 5.97 Å². The number of esters is 1. The van der Waals surface area contributed by atoms with E-state index >= 15 is 0 Å². The van der Waals surface area contributed by atoms with Crippen LogP contribution in [0.5, 0.6) is 0 Å². The van der Waals surface area contributed by atoms with E-state index in [1.165, 1.54) is 28.6 Å². The molecule has 7 nitrogen and oxygen atoms in total. The van der Waals surface area contributed by atoms with E-state index in [-0.39, 0.29) is 17.4 Å². The highest BCUT2D eigenvalue weighted by Gasteiger charge is 2.21. The van der Waals surface area contributed by atoms with Crippen molar-refractivity contribution in [1.82, 2.24) is 9.21 Å². The van der Waals surface area contributed by atoms with Gasteiger partial charge < -0.3 is 9.64 Å². The number of nitrogens with zero attached hydrogens (tertiary/aromatic N) is 2. The van der Waals surface area contributed by atoms with Crippen LogP contribution in [0.15, 0.2) is 35.2 Å². The average Bonchev–Trinajstić information content (AvgIpc) is 3.20. The molecule has 1 aliphatic rings. The van der Waals surface area contributed by atoms with Crippen molar-refractivity contribution in [2.24, 2.45) is 0 Å². The summed E-state index contributed by atoms with van der Waals surface area (Å²) in [5, 5.41) is 0. The summed E-state index contributed by atoms with van der Waals surface area (Å²) in [6.07, 6.45) is 4.72. The van der Waals surface area contributed by atoms with E-state index in [0.29, 0.717) is 18.7 Å². The highest BCUT2D eigenvalue weighted by molar-refractivity contribution is 7.89. The number of benzene rings is 1. The van der Waals surface area contributed by atoms with Crippen molar-refractivity contribution in [2.45, 2.75) is 31.6 Å². The van der Waals surface area contributed by atoms with Gasteiger partial charge in [-0.1, -0.05) is 26.0 Å². The molecule has 0 bridgehead atoms. The largest absolute Gasteiger partial charge is 0.452 e. The maximum absolute atomic E-state index is 12.4. The lowest BCUT2D eigenvalue weighted by Gasteiger charge is -2.18. The maximum Gasteiger partial charge on any atom is 0.331 e. The Morgan fingerprint density at radius 1 is 1.11 bits per heavy atom. The van der Waals surface area contributed by atoms with Gasteiger partial charge in [0.15, 0.2) is 6.61 Å². The van der Waals surface area contributed by atoms with Crippen LogP contribution in [0.3, 0.4) is 0 Å². The number of rotatable bonds is 8. The molecule has 1 heterocycles. The molecule has 0 saturated carbocycles. The van der Waals surface area contributed by atoms with Gasteiger partial charge in [0, 0.05) is 32.3 Å². The van der Waals surface area contributed by atoms with Crippen LogP contribution in [0.2, 0.25) is 0 Å². The Bertz CT molecular complexity index is 777. The molecule has 27 heavy (non-hydrogen) atoms. The van der Waals surface area contributed by atoms with E-state index in [9.17, 15) is 18.0 Å². The first-order chi connectivity index (χ1) is 12.9. The second kappa shape index (κ2) is 9.66. The third-order valence-electron chi connectivity index (χ3n) is 4.43. The van der Waals surface area contributed by atoms with Gasteiger partial charge in [-0.15, -0.1) is 0 Å². The second-order valence-corrected chi connectivity index (χ2v) is 8.13. The van der Waals surface area contributed by atoms with Crippen LogP contribution in [0.4, 0.5) is 0 Å². The van der Waals surface area contributed by atoms with Gasteiger partial charge in [-0.25, -0.2) is 13.2 Å². The quantitative estimate of drug-likeness (QED) is 0.497. The molecule has 0 atom stereocenters. The van der Waals surface area contributed by atoms with Gasteiger partial charge in [0.1, 0.15) is 0 Å². The summed E-state index contributed by atoms with van der Waals surface area (Å²) in [6, 6.07) is 6.26. The van der Waals surface area contributed by atoms with Crippen LogP contribution in [0.25, 0.3) is 6.08 Å². The fraction of sp³-hybridized carbons (Fsp3) is 0.474. The number of ether oxygens (including phenoxy) is 1. The van der Waals surface area contributed by atoms with Crippen molar-refractivity contribution in [2.75, 3.05) is 32.8 Å². The molecule has 0 N–H and O–H groups in total. The molecule has 8 heteroatoms. The van der Waals surface area contributed by atoms with Crippen LogP contribution in [0.1, 0.15) is 32.3 Å².